The van der Waals surface area contributed by atoms with Crippen molar-refractivity contribution in [2.24, 2.45) is 0 Å². The number of carboxylic acid groups (broad SMARTS) is 1. The summed E-state index contributed by atoms with van der Waals surface area (Å²) in [5.41, 5.74) is 1.98. The lowest BCUT2D eigenvalue weighted by Gasteiger charge is -2.05. The van der Waals surface area contributed by atoms with E-state index in [9.17, 15) is 9.59 Å². The summed E-state index contributed by atoms with van der Waals surface area (Å²) >= 11 is 0. The van der Waals surface area contributed by atoms with Crippen LogP contribution in [0.25, 0.3) is 0 Å². The molecule has 108 valence electrons. The van der Waals surface area contributed by atoms with Gasteiger partial charge in [-0.1, -0.05) is 18.2 Å². The van der Waals surface area contributed by atoms with Gasteiger partial charge < -0.3 is 9.84 Å². The van der Waals surface area contributed by atoms with E-state index in [0.29, 0.717) is 23.3 Å². The SMILES string of the molecule is COc1ccc(C(=O)c2cccc(CCC(=O)O)c2)cc1. The molecule has 0 fully saturated rings. The third-order valence-electron chi connectivity index (χ3n) is 3.17. The molecule has 0 unspecified atom stereocenters. The molecule has 2 aromatic rings. The summed E-state index contributed by atoms with van der Waals surface area (Å²) in [7, 11) is 1.57. The quantitative estimate of drug-likeness (QED) is 0.828. The van der Waals surface area contributed by atoms with Crippen molar-refractivity contribution in [1.82, 2.24) is 0 Å². The monoisotopic (exact) mass is 284 g/mol. The van der Waals surface area contributed by atoms with E-state index in [1.165, 1.54) is 0 Å². The van der Waals surface area contributed by atoms with Crippen molar-refractivity contribution in [3.05, 3.63) is 65.2 Å². The third kappa shape index (κ3) is 3.92. The van der Waals surface area contributed by atoms with E-state index in [0.717, 1.165) is 5.56 Å². The molecule has 4 heteroatoms. The first-order chi connectivity index (χ1) is 10.1. The zero-order chi connectivity index (χ0) is 15.2. The number of rotatable bonds is 6. The lowest BCUT2D eigenvalue weighted by Crippen LogP contribution is -2.03. The predicted molar refractivity (Wildman–Crippen MR) is 78.8 cm³/mol. The molecule has 0 saturated heterocycles. The Kier molecular flexibility index (Phi) is 4.72. The second-order valence-electron chi connectivity index (χ2n) is 4.65. The molecule has 0 spiro atoms. The molecule has 1 N–H and O–H groups in total. The Balaban J connectivity index is 2.18. The van der Waals surface area contributed by atoms with Crippen LogP contribution in [0.3, 0.4) is 0 Å². The van der Waals surface area contributed by atoms with Gasteiger partial charge in [-0.15, -0.1) is 0 Å². The lowest BCUT2D eigenvalue weighted by molar-refractivity contribution is -0.136. The molecular formula is C17H16O4. The van der Waals surface area contributed by atoms with E-state index in [2.05, 4.69) is 0 Å². The predicted octanol–water partition coefficient (Wildman–Crippen LogP) is 2.94. The third-order valence-corrected chi connectivity index (χ3v) is 3.17. The first-order valence-electron chi connectivity index (χ1n) is 6.59. The van der Waals surface area contributed by atoms with Gasteiger partial charge in [0.1, 0.15) is 5.75 Å². The van der Waals surface area contributed by atoms with Crippen molar-refractivity contribution in [1.29, 1.82) is 0 Å². The number of ketones is 1. The maximum absolute atomic E-state index is 12.4. The highest BCUT2D eigenvalue weighted by Crippen LogP contribution is 2.16. The van der Waals surface area contributed by atoms with Crippen molar-refractivity contribution in [3.8, 4) is 5.75 Å². The summed E-state index contributed by atoms with van der Waals surface area (Å²) in [6.45, 7) is 0. The number of ether oxygens (including phenoxy) is 1. The minimum atomic E-state index is -0.845. The number of carbonyl (C=O) groups is 2. The van der Waals surface area contributed by atoms with E-state index in [4.69, 9.17) is 9.84 Å². The van der Waals surface area contributed by atoms with E-state index < -0.39 is 5.97 Å². The Bertz CT molecular complexity index is 644. The minimum Gasteiger partial charge on any atom is -0.497 e. The van der Waals surface area contributed by atoms with Crippen molar-refractivity contribution in [2.45, 2.75) is 12.8 Å². The second kappa shape index (κ2) is 6.70. The Labute approximate surface area is 123 Å². The van der Waals surface area contributed by atoms with E-state index >= 15 is 0 Å². The Morgan fingerprint density at radius 3 is 2.38 bits per heavy atom. The molecule has 0 radical (unpaired) electrons. The van der Waals surface area contributed by atoms with E-state index in [1.54, 1.807) is 49.6 Å². The topological polar surface area (TPSA) is 63.6 Å². The maximum atomic E-state index is 12.4. The van der Waals surface area contributed by atoms with Crippen molar-refractivity contribution < 1.29 is 19.4 Å². The number of hydrogen-bond acceptors (Lipinski definition) is 3. The van der Waals surface area contributed by atoms with Crippen LogP contribution in [0.5, 0.6) is 5.75 Å². The van der Waals surface area contributed by atoms with Crippen LogP contribution in [0.15, 0.2) is 48.5 Å². The van der Waals surface area contributed by atoms with Crippen LogP contribution in [0.4, 0.5) is 0 Å². The number of hydrogen-bond donors (Lipinski definition) is 1. The first kappa shape index (κ1) is 14.8. The van der Waals surface area contributed by atoms with Gasteiger partial charge in [0.15, 0.2) is 5.78 Å². The van der Waals surface area contributed by atoms with Gasteiger partial charge in [0.25, 0.3) is 0 Å². The molecule has 0 aliphatic carbocycles. The zero-order valence-electron chi connectivity index (χ0n) is 11.7. The van der Waals surface area contributed by atoms with Crippen LogP contribution in [0.1, 0.15) is 27.9 Å². The average molecular weight is 284 g/mol. The molecule has 2 rings (SSSR count). The molecule has 0 bridgehead atoms. The van der Waals surface area contributed by atoms with Gasteiger partial charge in [0, 0.05) is 17.5 Å². The standard InChI is InChI=1S/C17H16O4/c1-21-15-8-6-13(7-9-15)17(20)14-4-2-3-12(11-14)5-10-16(18)19/h2-4,6-9,11H,5,10H2,1H3,(H,18,19). The lowest BCUT2D eigenvalue weighted by atomic mass is 9.99. The van der Waals surface area contributed by atoms with Crippen molar-refractivity contribution >= 4 is 11.8 Å². The normalized spacial score (nSPS) is 10.1. The van der Waals surface area contributed by atoms with Crippen LogP contribution < -0.4 is 4.74 Å². The number of carbonyl (C=O) groups excluding carboxylic acids is 1. The highest BCUT2D eigenvalue weighted by Gasteiger charge is 2.10. The van der Waals surface area contributed by atoms with Gasteiger partial charge in [0.05, 0.1) is 7.11 Å². The molecule has 2 aromatic carbocycles. The molecule has 0 aliphatic heterocycles. The number of benzene rings is 2. The Morgan fingerprint density at radius 1 is 1.05 bits per heavy atom. The summed E-state index contributed by atoms with van der Waals surface area (Å²) in [6.07, 6.45) is 0.471. The molecule has 0 amide bonds. The molecule has 21 heavy (non-hydrogen) atoms. The van der Waals surface area contributed by atoms with E-state index in [-0.39, 0.29) is 12.2 Å². The largest absolute Gasteiger partial charge is 0.497 e. The molecular weight excluding hydrogens is 268 g/mol. The van der Waals surface area contributed by atoms with Gasteiger partial charge in [-0.3, -0.25) is 9.59 Å². The van der Waals surface area contributed by atoms with Gasteiger partial charge in [0.2, 0.25) is 0 Å². The van der Waals surface area contributed by atoms with Crippen molar-refractivity contribution in [3.63, 3.8) is 0 Å². The average Bonchev–Trinajstić information content (AvgIpc) is 2.52. The van der Waals surface area contributed by atoms with Crippen LogP contribution >= 0.6 is 0 Å². The van der Waals surface area contributed by atoms with Gasteiger partial charge >= 0.3 is 5.97 Å². The van der Waals surface area contributed by atoms with Crippen molar-refractivity contribution in [2.75, 3.05) is 7.11 Å². The number of carboxylic acids is 1. The fourth-order valence-corrected chi connectivity index (χ4v) is 2.03. The molecule has 0 atom stereocenters. The van der Waals surface area contributed by atoms with Crippen LogP contribution in [-0.2, 0) is 11.2 Å². The highest BCUT2D eigenvalue weighted by atomic mass is 16.5. The zero-order valence-corrected chi connectivity index (χ0v) is 11.7. The summed E-state index contributed by atoms with van der Waals surface area (Å²) in [6, 6.07) is 14.0. The number of aryl methyl sites for hydroxylation is 1. The summed E-state index contributed by atoms with van der Waals surface area (Å²) in [5.74, 6) is -0.238. The highest BCUT2D eigenvalue weighted by molar-refractivity contribution is 6.09. The first-order valence-corrected chi connectivity index (χ1v) is 6.59. The Morgan fingerprint density at radius 2 is 1.76 bits per heavy atom. The molecule has 0 heterocycles. The summed E-state index contributed by atoms with van der Waals surface area (Å²) in [4.78, 5) is 23.0. The van der Waals surface area contributed by atoms with Gasteiger partial charge in [-0.25, -0.2) is 0 Å². The maximum Gasteiger partial charge on any atom is 0.303 e. The van der Waals surface area contributed by atoms with Gasteiger partial charge in [-0.05, 0) is 42.3 Å². The summed E-state index contributed by atoms with van der Waals surface area (Å²) in [5, 5.41) is 8.70. The summed E-state index contributed by atoms with van der Waals surface area (Å²) < 4.78 is 5.06. The Hall–Kier alpha value is -2.62. The second-order valence-corrected chi connectivity index (χ2v) is 4.65. The number of aliphatic carboxylic acids is 1. The fraction of sp³-hybridized carbons (Fsp3) is 0.176. The number of methoxy groups -OCH3 is 1. The molecule has 0 saturated carbocycles. The molecule has 0 aliphatic rings. The van der Waals surface area contributed by atoms with Crippen LogP contribution in [0, 0.1) is 0 Å². The van der Waals surface area contributed by atoms with Gasteiger partial charge in [-0.2, -0.15) is 0 Å². The molecule has 0 aromatic heterocycles. The molecule has 4 nitrogen and oxygen atoms in total. The van der Waals surface area contributed by atoms with Crippen LogP contribution in [0.2, 0.25) is 0 Å². The van der Waals surface area contributed by atoms with Crippen LogP contribution in [-0.4, -0.2) is 24.0 Å². The smallest absolute Gasteiger partial charge is 0.303 e. The minimum absolute atomic E-state index is 0.0557. The fourth-order valence-electron chi connectivity index (χ4n) is 2.03. The van der Waals surface area contributed by atoms with E-state index in [1.807, 2.05) is 6.07 Å².